The molecule has 4 aliphatic rings. The second-order valence-corrected chi connectivity index (χ2v) is 8.83. The highest BCUT2D eigenvalue weighted by Crippen LogP contribution is 2.40. The lowest BCUT2D eigenvalue weighted by molar-refractivity contribution is 0.0140. The first-order valence-corrected chi connectivity index (χ1v) is 10.4. The van der Waals surface area contributed by atoms with E-state index in [4.69, 9.17) is 0 Å². The zero-order chi connectivity index (χ0) is 15.8. The number of fused-ring (bicyclic) bond motifs is 2. The molecule has 2 aliphatic carbocycles. The topological polar surface area (TPSA) is 6.48 Å². The van der Waals surface area contributed by atoms with Gasteiger partial charge in [0.15, 0.2) is 0 Å². The first-order valence-electron chi connectivity index (χ1n) is 10.4. The van der Waals surface area contributed by atoms with Crippen LogP contribution in [-0.2, 0) is 0 Å². The summed E-state index contributed by atoms with van der Waals surface area (Å²) in [4.78, 5) is 5.57. The Labute approximate surface area is 143 Å². The number of piperidine rings is 2. The molecule has 2 heteroatoms. The van der Waals surface area contributed by atoms with Crippen LogP contribution in [0.3, 0.4) is 0 Å². The third kappa shape index (κ3) is 3.14. The van der Waals surface area contributed by atoms with Crippen LogP contribution in [0.15, 0.2) is 11.6 Å². The second-order valence-electron chi connectivity index (χ2n) is 8.83. The molecule has 3 fully saturated rings. The SMILES string of the molecule is CN1C(CC2CCC3CCCCC3N2C)CCC2=CCCCC21. The number of nitrogens with zero attached hydrogens (tertiary/aromatic N) is 2. The predicted molar refractivity (Wildman–Crippen MR) is 97.7 cm³/mol. The summed E-state index contributed by atoms with van der Waals surface area (Å²) in [6.07, 6.45) is 19.8. The minimum Gasteiger partial charge on any atom is -0.300 e. The molecule has 0 bridgehead atoms. The zero-order valence-corrected chi connectivity index (χ0v) is 15.3. The van der Waals surface area contributed by atoms with Gasteiger partial charge in [-0.2, -0.15) is 0 Å². The lowest BCUT2D eigenvalue weighted by Gasteiger charge is -2.50. The third-order valence-corrected chi connectivity index (χ3v) is 7.73. The fraction of sp³-hybridized carbons (Fsp3) is 0.905. The van der Waals surface area contributed by atoms with Gasteiger partial charge in [-0.25, -0.2) is 0 Å². The molecule has 5 atom stereocenters. The maximum absolute atomic E-state index is 2.81. The second kappa shape index (κ2) is 6.88. The molecular weight excluding hydrogens is 280 g/mol. The van der Waals surface area contributed by atoms with Gasteiger partial charge in [0.05, 0.1) is 0 Å². The van der Waals surface area contributed by atoms with Gasteiger partial charge in [-0.3, -0.25) is 4.90 Å². The van der Waals surface area contributed by atoms with Gasteiger partial charge in [-0.15, -0.1) is 0 Å². The van der Waals surface area contributed by atoms with Crippen LogP contribution < -0.4 is 0 Å². The Hall–Kier alpha value is -0.340. The summed E-state index contributed by atoms with van der Waals surface area (Å²) in [7, 11) is 4.86. The number of likely N-dealkylation sites (tertiary alicyclic amines) is 2. The molecule has 23 heavy (non-hydrogen) atoms. The van der Waals surface area contributed by atoms with Gasteiger partial charge in [0.1, 0.15) is 0 Å². The van der Waals surface area contributed by atoms with E-state index in [2.05, 4.69) is 30.0 Å². The van der Waals surface area contributed by atoms with E-state index in [-0.39, 0.29) is 0 Å². The number of hydrogen-bond acceptors (Lipinski definition) is 2. The Bertz CT molecular complexity index is 443. The first kappa shape index (κ1) is 16.1. The molecule has 5 unspecified atom stereocenters. The molecule has 2 nitrogen and oxygen atoms in total. The lowest BCUT2D eigenvalue weighted by atomic mass is 9.75. The Morgan fingerprint density at radius 3 is 2.61 bits per heavy atom. The van der Waals surface area contributed by atoms with Gasteiger partial charge < -0.3 is 4.90 Å². The summed E-state index contributed by atoms with van der Waals surface area (Å²) in [5, 5.41) is 0. The van der Waals surface area contributed by atoms with Gasteiger partial charge in [0.2, 0.25) is 0 Å². The van der Waals surface area contributed by atoms with Crippen molar-refractivity contribution in [3.63, 3.8) is 0 Å². The molecule has 0 radical (unpaired) electrons. The molecule has 0 amide bonds. The van der Waals surface area contributed by atoms with E-state index >= 15 is 0 Å². The van der Waals surface area contributed by atoms with E-state index in [1.807, 2.05) is 0 Å². The van der Waals surface area contributed by atoms with Crippen molar-refractivity contribution >= 4 is 0 Å². The third-order valence-electron chi connectivity index (χ3n) is 7.73. The highest BCUT2D eigenvalue weighted by atomic mass is 15.2. The largest absolute Gasteiger partial charge is 0.300 e. The summed E-state index contributed by atoms with van der Waals surface area (Å²) < 4.78 is 0. The summed E-state index contributed by atoms with van der Waals surface area (Å²) in [6.45, 7) is 0. The minimum atomic E-state index is 0.777. The van der Waals surface area contributed by atoms with Crippen molar-refractivity contribution in [2.75, 3.05) is 14.1 Å². The number of hydrogen-bond donors (Lipinski definition) is 0. The molecule has 2 saturated heterocycles. The molecule has 4 rings (SSSR count). The fourth-order valence-electron chi connectivity index (χ4n) is 6.27. The van der Waals surface area contributed by atoms with Crippen molar-refractivity contribution in [3.05, 3.63) is 11.6 Å². The van der Waals surface area contributed by atoms with Crippen molar-refractivity contribution in [1.29, 1.82) is 0 Å². The Balaban J connectivity index is 1.40. The van der Waals surface area contributed by atoms with Crippen molar-refractivity contribution in [1.82, 2.24) is 9.80 Å². The molecule has 130 valence electrons. The fourth-order valence-corrected chi connectivity index (χ4v) is 6.27. The highest BCUT2D eigenvalue weighted by Gasteiger charge is 2.39. The van der Waals surface area contributed by atoms with E-state index in [9.17, 15) is 0 Å². The number of rotatable bonds is 2. The molecule has 0 aromatic carbocycles. The van der Waals surface area contributed by atoms with Crippen LogP contribution in [0.5, 0.6) is 0 Å². The Kier molecular flexibility index (Phi) is 4.83. The van der Waals surface area contributed by atoms with Crippen molar-refractivity contribution in [2.45, 2.75) is 101 Å². The zero-order valence-electron chi connectivity index (χ0n) is 15.3. The van der Waals surface area contributed by atoms with E-state index in [1.54, 1.807) is 5.57 Å². The van der Waals surface area contributed by atoms with Crippen LogP contribution >= 0.6 is 0 Å². The first-order chi connectivity index (χ1) is 11.2. The van der Waals surface area contributed by atoms with Crippen LogP contribution in [0.2, 0.25) is 0 Å². The summed E-state index contributed by atoms with van der Waals surface area (Å²) in [6, 6.07) is 3.35. The molecule has 2 aliphatic heterocycles. The number of likely N-dealkylation sites (N-methyl/N-ethyl adjacent to an activating group) is 1. The van der Waals surface area contributed by atoms with E-state index in [0.29, 0.717) is 0 Å². The smallest absolute Gasteiger partial charge is 0.0307 e. The molecule has 0 N–H and O–H groups in total. The van der Waals surface area contributed by atoms with E-state index < -0.39 is 0 Å². The van der Waals surface area contributed by atoms with Crippen molar-refractivity contribution < 1.29 is 0 Å². The molecule has 1 saturated carbocycles. The van der Waals surface area contributed by atoms with E-state index in [1.165, 1.54) is 77.0 Å². The van der Waals surface area contributed by atoms with Crippen LogP contribution in [0.1, 0.15) is 77.0 Å². The molecule has 2 heterocycles. The van der Waals surface area contributed by atoms with Crippen LogP contribution in [0, 0.1) is 5.92 Å². The monoisotopic (exact) mass is 316 g/mol. The summed E-state index contributed by atoms with van der Waals surface area (Å²) in [5.41, 5.74) is 1.76. The molecule has 0 aromatic rings. The lowest BCUT2D eigenvalue weighted by Crippen LogP contribution is -2.53. The summed E-state index contributed by atoms with van der Waals surface area (Å²) in [5.74, 6) is 1.02. The Morgan fingerprint density at radius 1 is 0.870 bits per heavy atom. The maximum atomic E-state index is 2.81. The van der Waals surface area contributed by atoms with Gasteiger partial charge >= 0.3 is 0 Å². The normalized spacial score (nSPS) is 42.7. The average molecular weight is 317 g/mol. The number of allylic oxidation sites excluding steroid dienone is 1. The highest BCUT2D eigenvalue weighted by molar-refractivity contribution is 5.17. The quantitative estimate of drug-likeness (QED) is 0.687. The Morgan fingerprint density at radius 2 is 1.70 bits per heavy atom. The van der Waals surface area contributed by atoms with Gasteiger partial charge in [-0.05, 0) is 84.2 Å². The average Bonchev–Trinajstić information content (AvgIpc) is 2.60. The van der Waals surface area contributed by atoms with Crippen LogP contribution in [-0.4, -0.2) is 48.1 Å². The van der Waals surface area contributed by atoms with E-state index in [0.717, 1.165) is 30.1 Å². The predicted octanol–water partition coefficient (Wildman–Crippen LogP) is 4.60. The molecule has 0 spiro atoms. The van der Waals surface area contributed by atoms with Gasteiger partial charge in [-0.1, -0.05) is 24.5 Å². The van der Waals surface area contributed by atoms with Crippen molar-refractivity contribution in [2.24, 2.45) is 5.92 Å². The molecular formula is C21H36N2. The van der Waals surface area contributed by atoms with Crippen LogP contribution in [0.4, 0.5) is 0 Å². The molecule has 0 aromatic heterocycles. The summed E-state index contributed by atoms with van der Waals surface area (Å²) >= 11 is 0. The minimum absolute atomic E-state index is 0.777. The van der Waals surface area contributed by atoms with Crippen LogP contribution in [0.25, 0.3) is 0 Å². The maximum Gasteiger partial charge on any atom is 0.0307 e. The standard InChI is InChI=1S/C21H36N2/c1-22-18(13-11-16-7-3-5-9-20(16)22)15-19-14-12-17-8-4-6-10-21(17)23(19)2/h7,17-21H,3-6,8-15H2,1-2H3. The van der Waals surface area contributed by atoms with Crippen molar-refractivity contribution in [3.8, 4) is 0 Å². The van der Waals surface area contributed by atoms with Gasteiger partial charge in [0.25, 0.3) is 0 Å². The van der Waals surface area contributed by atoms with Gasteiger partial charge in [0, 0.05) is 24.2 Å².